The number of allylic oxidation sites excluding steroid dienone is 3. The van der Waals surface area contributed by atoms with Crippen LogP contribution >= 0.6 is 0 Å². The van der Waals surface area contributed by atoms with E-state index in [0.29, 0.717) is 17.4 Å². The zero-order valence-electron chi connectivity index (χ0n) is 16.4. The first-order valence-electron chi connectivity index (χ1n) is 10.2. The highest BCUT2D eigenvalue weighted by molar-refractivity contribution is 7.89. The molecule has 1 aliphatic heterocycles. The molecule has 0 saturated heterocycles. The minimum absolute atomic E-state index is 0.316. The molecule has 1 saturated carbocycles. The van der Waals surface area contributed by atoms with Crippen LogP contribution in [0.15, 0.2) is 40.6 Å². The number of nitrogens with one attached hydrogen (secondary N) is 1. The van der Waals surface area contributed by atoms with Crippen LogP contribution in [0, 0.1) is 0 Å². The molecule has 0 radical (unpaired) electrons. The van der Waals surface area contributed by atoms with Crippen molar-refractivity contribution in [2.24, 2.45) is 0 Å². The molecule has 1 aromatic rings. The van der Waals surface area contributed by atoms with Crippen LogP contribution in [-0.2, 0) is 15.5 Å². The maximum absolute atomic E-state index is 13.0. The first-order chi connectivity index (χ1) is 13.7. The average molecular weight is 401 g/mol. The lowest BCUT2D eigenvalue weighted by Crippen LogP contribution is -2.34. The number of rotatable bonds is 5. The number of hydrogen-bond donors (Lipinski definition) is 1. The Bertz CT molecular complexity index is 840. The van der Waals surface area contributed by atoms with Crippen LogP contribution in [-0.4, -0.2) is 35.9 Å². The molecule has 4 rings (SSSR count). The summed E-state index contributed by atoms with van der Waals surface area (Å²) in [4.78, 5) is 14.5. The van der Waals surface area contributed by atoms with E-state index in [2.05, 4.69) is 10.2 Å². The maximum atomic E-state index is 13.0. The number of carbonyl (C=O) groups excluding carboxylic acids is 1. The topological polar surface area (TPSA) is 58.6 Å². The molecule has 1 aromatic carbocycles. The second-order valence-corrected chi connectivity index (χ2v) is 9.40. The van der Waals surface area contributed by atoms with E-state index in [1.807, 2.05) is 31.3 Å². The highest BCUT2D eigenvalue weighted by Gasteiger charge is 2.29. The molecule has 0 bridgehead atoms. The molecule has 6 heteroatoms. The predicted molar refractivity (Wildman–Crippen MR) is 114 cm³/mol. The summed E-state index contributed by atoms with van der Waals surface area (Å²) < 4.78 is 19.0. The van der Waals surface area contributed by atoms with Crippen LogP contribution in [0.4, 0.5) is 11.4 Å². The largest absolute Gasteiger partial charge is 0.490 e. The molecule has 1 fully saturated rings. The van der Waals surface area contributed by atoms with E-state index < -0.39 is 10.8 Å². The van der Waals surface area contributed by atoms with Crippen molar-refractivity contribution in [3.63, 3.8) is 0 Å². The third-order valence-corrected chi connectivity index (χ3v) is 7.86. The van der Waals surface area contributed by atoms with Gasteiger partial charge in [-0.3, -0.25) is 9.00 Å². The second-order valence-electron chi connectivity index (χ2n) is 7.62. The normalized spacial score (nSPS) is 21.5. The third kappa shape index (κ3) is 3.75. The fourth-order valence-electron chi connectivity index (χ4n) is 4.41. The average Bonchev–Trinajstić information content (AvgIpc) is 2.77. The van der Waals surface area contributed by atoms with Gasteiger partial charge >= 0.3 is 0 Å². The Labute approximate surface area is 169 Å². The standard InChI is InChI=1S/C22H28N2O3S/c1-23-20-13-17(8-7-16(20)15-25)24-11-12-27-22-14-19(9-10-21(22)24)28(26)18-5-3-2-4-6-18/h7-8,13-15,18,23H,2-6,9-12H2,1H3. The van der Waals surface area contributed by atoms with E-state index in [4.69, 9.17) is 4.74 Å². The molecule has 150 valence electrons. The zero-order chi connectivity index (χ0) is 19.5. The summed E-state index contributed by atoms with van der Waals surface area (Å²) >= 11 is 0. The van der Waals surface area contributed by atoms with Gasteiger partial charge in [-0.1, -0.05) is 19.3 Å². The van der Waals surface area contributed by atoms with Gasteiger partial charge in [0, 0.05) is 34.1 Å². The summed E-state index contributed by atoms with van der Waals surface area (Å²) in [5, 5.41) is 3.41. The molecule has 28 heavy (non-hydrogen) atoms. The molecule has 0 amide bonds. The van der Waals surface area contributed by atoms with Gasteiger partial charge in [-0.2, -0.15) is 0 Å². The highest BCUT2D eigenvalue weighted by atomic mass is 32.2. The van der Waals surface area contributed by atoms with E-state index in [1.165, 1.54) is 19.3 Å². The molecule has 1 N–H and O–H groups in total. The Morgan fingerprint density at radius 3 is 2.79 bits per heavy atom. The Morgan fingerprint density at radius 1 is 1.21 bits per heavy atom. The summed E-state index contributed by atoms with van der Waals surface area (Å²) in [7, 11) is 0.932. The fourth-order valence-corrected chi connectivity index (χ4v) is 6.13. The summed E-state index contributed by atoms with van der Waals surface area (Å²) in [5.74, 6) is 0.863. The molecular formula is C22H28N2O3S. The number of aldehydes is 1. The number of benzene rings is 1. The molecule has 0 spiro atoms. The van der Waals surface area contributed by atoms with Gasteiger partial charge in [-0.15, -0.1) is 0 Å². The molecular weight excluding hydrogens is 372 g/mol. The lowest BCUT2D eigenvalue weighted by atomic mass is 10.0. The van der Waals surface area contributed by atoms with Crippen molar-refractivity contribution < 1.29 is 13.7 Å². The van der Waals surface area contributed by atoms with Crippen molar-refractivity contribution in [1.82, 2.24) is 0 Å². The van der Waals surface area contributed by atoms with Gasteiger partial charge in [0.2, 0.25) is 0 Å². The van der Waals surface area contributed by atoms with Crippen LogP contribution in [0.1, 0.15) is 55.3 Å². The van der Waals surface area contributed by atoms with Crippen LogP contribution in [0.2, 0.25) is 0 Å². The highest BCUT2D eigenvalue weighted by Crippen LogP contribution is 2.37. The lowest BCUT2D eigenvalue weighted by molar-refractivity contribution is 0.112. The van der Waals surface area contributed by atoms with Crippen molar-refractivity contribution >= 4 is 28.5 Å². The van der Waals surface area contributed by atoms with Crippen LogP contribution in [0.3, 0.4) is 0 Å². The Balaban J connectivity index is 1.60. The lowest BCUT2D eigenvalue weighted by Gasteiger charge is -2.36. The van der Waals surface area contributed by atoms with Gasteiger partial charge in [0.15, 0.2) is 6.29 Å². The van der Waals surface area contributed by atoms with Crippen molar-refractivity contribution in [1.29, 1.82) is 0 Å². The van der Waals surface area contributed by atoms with Crippen molar-refractivity contribution in [2.45, 2.75) is 50.2 Å². The van der Waals surface area contributed by atoms with Crippen molar-refractivity contribution in [3.8, 4) is 0 Å². The minimum Gasteiger partial charge on any atom is -0.490 e. The van der Waals surface area contributed by atoms with Crippen LogP contribution < -0.4 is 10.2 Å². The van der Waals surface area contributed by atoms with E-state index in [9.17, 15) is 9.00 Å². The summed E-state index contributed by atoms with van der Waals surface area (Å²) in [6, 6.07) is 5.85. The number of nitrogens with zero attached hydrogens (tertiary/aromatic N) is 1. The number of anilines is 2. The van der Waals surface area contributed by atoms with Gasteiger partial charge in [0.05, 0.1) is 23.0 Å². The number of hydrogen-bond acceptors (Lipinski definition) is 5. The number of carbonyl (C=O) groups is 1. The van der Waals surface area contributed by atoms with Crippen molar-refractivity contribution in [2.75, 3.05) is 30.4 Å². The number of ether oxygens (including phenoxy) is 1. The summed E-state index contributed by atoms with van der Waals surface area (Å²) in [5.41, 5.74) is 3.68. The summed E-state index contributed by atoms with van der Waals surface area (Å²) in [6.07, 6.45) is 10.4. The van der Waals surface area contributed by atoms with Crippen LogP contribution in [0.5, 0.6) is 0 Å². The van der Waals surface area contributed by atoms with Gasteiger partial charge in [0.25, 0.3) is 0 Å². The van der Waals surface area contributed by atoms with E-state index in [-0.39, 0.29) is 0 Å². The monoisotopic (exact) mass is 400 g/mol. The Kier molecular flexibility index (Phi) is 5.85. The Morgan fingerprint density at radius 2 is 2.04 bits per heavy atom. The summed E-state index contributed by atoms with van der Waals surface area (Å²) in [6.45, 7) is 1.38. The quantitative estimate of drug-likeness (QED) is 0.745. The predicted octanol–water partition coefficient (Wildman–Crippen LogP) is 4.35. The van der Waals surface area contributed by atoms with E-state index in [0.717, 1.165) is 66.3 Å². The van der Waals surface area contributed by atoms with Gasteiger partial charge in [-0.25, -0.2) is 0 Å². The molecule has 3 aliphatic rings. The van der Waals surface area contributed by atoms with Gasteiger partial charge < -0.3 is 15.0 Å². The first kappa shape index (κ1) is 19.2. The van der Waals surface area contributed by atoms with Crippen molar-refractivity contribution in [3.05, 3.63) is 46.2 Å². The van der Waals surface area contributed by atoms with E-state index in [1.54, 1.807) is 0 Å². The maximum Gasteiger partial charge on any atom is 0.152 e. The molecule has 2 aliphatic carbocycles. The molecule has 1 unspecified atom stereocenters. The van der Waals surface area contributed by atoms with E-state index >= 15 is 0 Å². The minimum atomic E-state index is -0.894. The zero-order valence-corrected chi connectivity index (χ0v) is 17.2. The second kappa shape index (κ2) is 8.52. The molecule has 1 heterocycles. The SMILES string of the molecule is CNc1cc(N2CCOC3=C2CCC(S(=O)C2CCCCC2)=C3)ccc1C=O. The molecule has 5 nitrogen and oxygen atoms in total. The van der Waals surface area contributed by atoms with Gasteiger partial charge in [0.1, 0.15) is 12.4 Å². The smallest absolute Gasteiger partial charge is 0.152 e. The molecule has 0 aromatic heterocycles. The molecule has 1 atom stereocenters. The Hall–Kier alpha value is -2.08. The third-order valence-electron chi connectivity index (χ3n) is 5.94. The fraction of sp³-hybridized carbons (Fsp3) is 0.500. The van der Waals surface area contributed by atoms with Gasteiger partial charge in [-0.05, 0) is 50.0 Å². The first-order valence-corrected chi connectivity index (χ1v) is 11.4. The van der Waals surface area contributed by atoms with Crippen LogP contribution in [0.25, 0.3) is 0 Å².